The van der Waals surface area contributed by atoms with Crippen molar-refractivity contribution in [3.63, 3.8) is 0 Å². The number of rotatable bonds is 1. The summed E-state index contributed by atoms with van der Waals surface area (Å²) in [5, 5.41) is 11.2. The van der Waals surface area contributed by atoms with Crippen LogP contribution in [0.3, 0.4) is 0 Å². The minimum atomic E-state index is -1.07. The van der Waals surface area contributed by atoms with Crippen LogP contribution in [0.15, 0.2) is 0 Å². The third kappa shape index (κ3) is 2.11. The van der Waals surface area contributed by atoms with Crippen molar-refractivity contribution in [2.24, 2.45) is 39.9 Å². The van der Waals surface area contributed by atoms with Crippen molar-refractivity contribution in [2.75, 3.05) is 0 Å². The maximum Gasteiger partial charge on any atom is 0.311 e. The van der Waals surface area contributed by atoms with Gasteiger partial charge in [0.1, 0.15) is 6.10 Å². The van der Waals surface area contributed by atoms with E-state index in [4.69, 9.17) is 14.2 Å². The standard InChI is InChI=1S/C22H32O6/c1-11(23)26-15-10-14-20(2,3)8-5-9-21(14,4)13-7-6-12-16-18(27-17(12)24)28-19(25)22(13,15)16/h12-16,18-19,25H,5-10H2,1-4H3/t12-,13?,14?,15-,16+,18?,19-,21-,22-/m1/s1. The lowest BCUT2D eigenvalue weighted by Crippen LogP contribution is -2.68. The van der Waals surface area contributed by atoms with Gasteiger partial charge in [0.05, 0.1) is 11.3 Å². The molecular formula is C22H32O6. The van der Waals surface area contributed by atoms with Crippen molar-refractivity contribution in [3.05, 3.63) is 0 Å². The molecule has 0 aromatic carbocycles. The molecule has 0 aromatic heterocycles. The van der Waals surface area contributed by atoms with Gasteiger partial charge in [-0.15, -0.1) is 0 Å². The Hall–Kier alpha value is -1.14. The number of carbonyl (C=O) groups is 2. The van der Waals surface area contributed by atoms with E-state index in [-0.39, 0.29) is 40.5 Å². The molecule has 6 nitrogen and oxygen atoms in total. The second kappa shape index (κ2) is 5.72. The van der Waals surface area contributed by atoms with Gasteiger partial charge in [0.15, 0.2) is 6.29 Å². The van der Waals surface area contributed by atoms with Gasteiger partial charge in [0, 0.05) is 12.8 Å². The third-order valence-corrected chi connectivity index (χ3v) is 9.29. The average Bonchev–Trinajstić information content (AvgIpc) is 3.06. The van der Waals surface area contributed by atoms with Crippen LogP contribution in [0.2, 0.25) is 0 Å². The van der Waals surface area contributed by atoms with E-state index in [1.165, 1.54) is 6.92 Å². The number of aliphatic hydroxyl groups excluding tert-OH is 1. The maximum absolute atomic E-state index is 12.5. The van der Waals surface area contributed by atoms with Crippen LogP contribution in [0.25, 0.3) is 0 Å². The minimum absolute atomic E-state index is 0.0221. The Bertz CT molecular complexity index is 718. The first-order valence-electron chi connectivity index (χ1n) is 10.8. The first kappa shape index (κ1) is 18.9. The molecule has 0 radical (unpaired) electrons. The number of carbonyl (C=O) groups excluding carboxylic acids is 2. The Morgan fingerprint density at radius 3 is 2.64 bits per heavy atom. The highest BCUT2D eigenvalue weighted by Crippen LogP contribution is 2.73. The molecule has 2 aliphatic heterocycles. The topological polar surface area (TPSA) is 82.1 Å². The predicted octanol–water partition coefficient (Wildman–Crippen LogP) is 3.01. The zero-order chi connectivity index (χ0) is 20.1. The van der Waals surface area contributed by atoms with Crippen LogP contribution in [0.5, 0.6) is 0 Å². The average molecular weight is 392 g/mol. The zero-order valence-electron chi connectivity index (χ0n) is 17.3. The van der Waals surface area contributed by atoms with E-state index < -0.39 is 24.1 Å². The Balaban J connectivity index is 1.68. The predicted molar refractivity (Wildman–Crippen MR) is 98.5 cm³/mol. The second-order valence-corrected chi connectivity index (χ2v) is 10.8. The SMILES string of the molecule is CC(=O)O[C@@H]1CC2C(C)(C)CCC[C@]2(C)C2CC[C@H]3C(=O)OC4O[C@@H](O)[C@]21[C@H]43. The molecule has 2 saturated heterocycles. The molecule has 3 saturated carbocycles. The van der Waals surface area contributed by atoms with E-state index in [1.54, 1.807) is 0 Å². The summed E-state index contributed by atoms with van der Waals surface area (Å²) < 4.78 is 17.3. The fourth-order valence-electron chi connectivity index (χ4n) is 8.45. The molecule has 5 fully saturated rings. The molecule has 3 aliphatic carbocycles. The molecule has 6 heteroatoms. The number of fused-ring (bicyclic) bond motifs is 2. The summed E-state index contributed by atoms with van der Waals surface area (Å²) in [6.45, 7) is 8.46. The van der Waals surface area contributed by atoms with Crippen molar-refractivity contribution < 1.29 is 28.9 Å². The molecule has 5 aliphatic rings. The van der Waals surface area contributed by atoms with Crippen LogP contribution in [0.1, 0.15) is 66.2 Å². The normalized spacial score (nSPS) is 53.6. The molecule has 28 heavy (non-hydrogen) atoms. The summed E-state index contributed by atoms with van der Waals surface area (Å²) in [5.74, 6) is -0.530. The molecule has 5 rings (SSSR count). The fraction of sp³-hybridized carbons (Fsp3) is 0.909. The highest BCUT2D eigenvalue weighted by atomic mass is 16.8. The minimum Gasteiger partial charge on any atom is -0.462 e. The van der Waals surface area contributed by atoms with Crippen LogP contribution in [-0.4, -0.2) is 35.7 Å². The molecule has 9 atom stereocenters. The van der Waals surface area contributed by atoms with Crippen molar-refractivity contribution >= 4 is 11.9 Å². The summed E-state index contributed by atoms with van der Waals surface area (Å²) >= 11 is 0. The van der Waals surface area contributed by atoms with E-state index in [1.807, 2.05) is 0 Å². The second-order valence-electron chi connectivity index (χ2n) is 10.8. The monoisotopic (exact) mass is 392 g/mol. The largest absolute Gasteiger partial charge is 0.462 e. The van der Waals surface area contributed by atoms with Gasteiger partial charge in [-0.1, -0.05) is 27.2 Å². The molecule has 1 spiro atoms. The van der Waals surface area contributed by atoms with E-state index in [0.717, 1.165) is 32.1 Å². The zero-order valence-corrected chi connectivity index (χ0v) is 17.3. The van der Waals surface area contributed by atoms with Crippen LogP contribution in [-0.2, 0) is 23.8 Å². The smallest absolute Gasteiger partial charge is 0.311 e. The lowest BCUT2D eigenvalue weighted by molar-refractivity contribution is -0.278. The number of hydrogen-bond donors (Lipinski definition) is 1. The van der Waals surface area contributed by atoms with E-state index >= 15 is 0 Å². The summed E-state index contributed by atoms with van der Waals surface area (Å²) in [6.07, 6.45) is 3.49. The van der Waals surface area contributed by atoms with Crippen LogP contribution >= 0.6 is 0 Å². The van der Waals surface area contributed by atoms with Gasteiger partial charge in [-0.25, -0.2) is 0 Å². The van der Waals surface area contributed by atoms with E-state index in [0.29, 0.717) is 12.3 Å². The van der Waals surface area contributed by atoms with Crippen LogP contribution in [0, 0.1) is 39.9 Å². The maximum atomic E-state index is 12.5. The van der Waals surface area contributed by atoms with Gasteiger partial charge >= 0.3 is 11.9 Å². The van der Waals surface area contributed by atoms with E-state index in [2.05, 4.69) is 20.8 Å². The summed E-state index contributed by atoms with van der Waals surface area (Å²) in [4.78, 5) is 24.6. The van der Waals surface area contributed by atoms with Gasteiger partial charge in [-0.2, -0.15) is 0 Å². The van der Waals surface area contributed by atoms with Gasteiger partial charge in [-0.05, 0) is 54.8 Å². The van der Waals surface area contributed by atoms with Crippen molar-refractivity contribution in [1.29, 1.82) is 0 Å². The van der Waals surface area contributed by atoms with E-state index in [9.17, 15) is 14.7 Å². The lowest BCUT2D eigenvalue weighted by Gasteiger charge is -2.67. The third-order valence-electron chi connectivity index (χ3n) is 9.29. The van der Waals surface area contributed by atoms with Gasteiger partial charge in [0.25, 0.3) is 0 Å². The van der Waals surface area contributed by atoms with Crippen LogP contribution < -0.4 is 0 Å². The number of esters is 2. The first-order valence-corrected chi connectivity index (χ1v) is 10.8. The molecule has 0 bridgehead atoms. The van der Waals surface area contributed by atoms with Crippen molar-refractivity contribution in [3.8, 4) is 0 Å². The fourth-order valence-corrected chi connectivity index (χ4v) is 8.45. The first-order chi connectivity index (χ1) is 13.1. The Labute approximate surface area is 166 Å². The van der Waals surface area contributed by atoms with Crippen LogP contribution in [0.4, 0.5) is 0 Å². The summed E-state index contributed by atoms with van der Waals surface area (Å²) in [5.41, 5.74) is -0.589. The Morgan fingerprint density at radius 1 is 1.18 bits per heavy atom. The van der Waals surface area contributed by atoms with Gasteiger partial charge < -0.3 is 19.3 Å². The highest BCUT2D eigenvalue weighted by Gasteiger charge is 2.78. The molecule has 156 valence electrons. The lowest BCUT2D eigenvalue weighted by atomic mass is 9.37. The molecule has 2 heterocycles. The Kier molecular flexibility index (Phi) is 3.85. The van der Waals surface area contributed by atoms with Gasteiger partial charge in [0.2, 0.25) is 6.29 Å². The molecular weight excluding hydrogens is 360 g/mol. The van der Waals surface area contributed by atoms with Gasteiger partial charge in [-0.3, -0.25) is 9.59 Å². The quantitative estimate of drug-likeness (QED) is 0.691. The molecule has 3 unspecified atom stereocenters. The van der Waals surface area contributed by atoms with Crippen molar-refractivity contribution in [2.45, 2.75) is 84.9 Å². The van der Waals surface area contributed by atoms with Crippen molar-refractivity contribution in [1.82, 2.24) is 0 Å². The summed E-state index contributed by atoms with van der Waals surface area (Å²) in [7, 11) is 0. The number of hydrogen-bond acceptors (Lipinski definition) is 6. The number of ether oxygens (including phenoxy) is 3. The molecule has 0 amide bonds. The molecule has 1 N–H and O–H groups in total. The number of aliphatic hydroxyl groups is 1. The Morgan fingerprint density at radius 2 is 1.93 bits per heavy atom. The highest BCUT2D eigenvalue weighted by molar-refractivity contribution is 5.76. The summed E-state index contributed by atoms with van der Waals surface area (Å²) in [6, 6.07) is 0. The molecule has 0 aromatic rings.